The zero-order chi connectivity index (χ0) is 10.4. The summed E-state index contributed by atoms with van der Waals surface area (Å²) < 4.78 is 0. The van der Waals surface area contributed by atoms with Gasteiger partial charge in [-0.3, -0.25) is 0 Å². The lowest BCUT2D eigenvalue weighted by Gasteiger charge is -2.37. The van der Waals surface area contributed by atoms with Gasteiger partial charge in [0.1, 0.15) is 0 Å². The average molecular weight is 202 g/mol. The van der Waals surface area contributed by atoms with Gasteiger partial charge in [-0.2, -0.15) is 0 Å². The van der Waals surface area contributed by atoms with E-state index in [-0.39, 0.29) is 0 Å². The molecule has 0 aromatic heterocycles. The van der Waals surface area contributed by atoms with E-state index in [1.807, 2.05) is 0 Å². The summed E-state index contributed by atoms with van der Waals surface area (Å²) in [5.74, 6) is 0.767. The van der Waals surface area contributed by atoms with Crippen molar-refractivity contribution in [3.63, 3.8) is 0 Å². The van der Waals surface area contributed by atoms with E-state index in [1.165, 1.54) is 36.9 Å². The number of rotatable bonds is 0. The zero-order valence-electron chi connectivity index (χ0n) is 9.29. The second kappa shape index (κ2) is 3.24. The maximum Gasteiger partial charge on any atom is 0.0320 e. The Morgan fingerprint density at radius 3 is 3.00 bits per heavy atom. The summed E-state index contributed by atoms with van der Waals surface area (Å²) in [5.41, 5.74) is 11.5. The van der Waals surface area contributed by atoms with Gasteiger partial charge in [-0.05, 0) is 61.1 Å². The van der Waals surface area contributed by atoms with Crippen LogP contribution in [0.1, 0.15) is 35.4 Å². The number of hydrogen-bond donors (Lipinski definition) is 1. The fourth-order valence-electron chi connectivity index (χ4n) is 3.27. The monoisotopic (exact) mass is 202 g/mol. The van der Waals surface area contributed by atoms with E-state index in [4.69, 9.17) is 5.73 Å². The maximum atomic E-state index is 5.95. The van der Waals surface area contributed by atoms with Crippen molar-refractivity contribution in [3.05, 3.63) is 28.8 Å². The first-order valence-electron chi connectivity index (χ1n) is 5.84. The molecule has 80 valence electrons. The number of likely N-dealkylation sites (N-methyl/N-ethyl adjacent to an activating group) is 1. The van der Waals surface area contributed by atoms with Crippen LogP contribution in [0.15, 0.2) is 12.1 Å². The molecule has 0 radical (unpaired) electrons. The van der Waals surface area contributed by atoms with Gasteiger partial charge in [0.05, 0.1) is 0 Å². The third kappa shape index (κ3) is 1.44. The van der Waals surface area contributed by atoms with Crippen molar-refractivity contribution >= 4 is 5.69 Å². The summed E-state index contributed by atoms with van der Waals surface area (Å²) in [6.45, 7) is 2.30. The molecule has 0 saturated carbocycles. The summed E-state index contributed by atoms with van der Waals surface area (Å²) in [4.78, 5) is 2.42. The van der Waals surface area contributed by atoms with E-state index in [0.29, 0.717) is 0 Å². The van der Waals surface area contributed by atoms with Crippen LogP contribution in [0.5, 0.6) is 0 Å². The molecule has 0 fully saturated rings. The predicted molar refractivity (Wildman–Crippen MR) is 62.9 cm³/mol. The number of aryl methyl sites for hydroxylation is 1. The third-order valence-electron chi connectivity index (χ3n) is 3.75. The topological polar surface area (TPSA) is 29.3 Å². The highest BCUT2D eigenvalue weighted by Gasteiger charge is 2.28. The van der Waals surface area contributed by atoms with Gasteiger partial charge in [-0.15, -0.1) is 0 Å². The number of benzene rings is 1. The van der Waals surface area contributed by atoms with Gasteiger partial charge in [-0.25, -0.2) is 0 Å². The summed E-state index contributed by atoms with van der Waals surface area (Å²) >= 11 is 0. The Bertz CT molecular complexity index is 398. The van der Waals surface area contributed by atoms with Crippen LogP contribution in [0.4, 0.5) is 5.69 Å². The number of nitrogens with zero attached hydrogens (tertiary/aromatic N) is 1. The van der Waals surface area contributed by atoms with Crippen molar-refractivity contribution in [1.29, 1.82) is 0 Å². The lowest BCUT2D eigenvalue weighted by molar-refractivity contribution is 0.266. The molecular formula is C13H18N2. The van der Waals surface area contributed by atoms with Gasteiger partial charge < -0.3 is 10.6 Å². The largest absolute Gasteiger partial charge is 0.399 e. The summed E-state index contributed by atoms with van der Waals surface area (Å²) in [5, 5.41) is 0. The molecule has 0 amide bonds. The average Bonchev–Trinajstić information content (AvgIpc) is 2.16. The van der Waals surface area contributed by atoms with Crippen LogP contribution in [0.3, 0.4) is 0 Å². The van der Waals surface area contributed by atoms with Crippen LogP contribution < -0.4 is 5.73 Å². The predicted octanol–water partition coefficient (Wildman–Crippen LogP) is 2.13. The Labute approximate surface area is 91.1 Å². The molecule has 1 aliphatic carbocycles. The number of nitrogen functional groups attached to an aromatic ring is 1. The van der Waals surface area contributed by atoms with Gasteiger partial charge in [0.2, 0.25) is 0 Å². The lowest BCUT2D eigenvalue weighted by atomic mass is 9.77. The highest BCUT2D eigenvalue weighted by molar-refractivity contribution is 5.52. The van der Waals surface area contributed by atoms with Crippen LogP contribution in [0.25, 0.3) is 0 Å². The third-order valence-corrected chi connectivity index (χ3v) is 3.75. The quantitative estimate of drug-likeness (QED) is 0.653. The Morgan fingerprint density at radius 2 is 2.13 bits per heavy atom. The van der Waals surface area contributed by atoms with Crippen molar-refractivity contribution in [2.75, 3.05) is 19.3 Å². The van der Waals surface area contributed by atoms with Crippen LogP contribution in [0, 0.1) is 0 Å². The number of nitrogens with two attached hydrogens (primary N) is 1. The van der Waals surface area contributed by atoms with E-state index in [2.05, 4.69) is 24.1 Å². The highest BCUT2D eigenvalue weighted by atomic mass is 15.1. The van der Waals surface area contributed by atoms with Gasteiger partial charge in [0, 0.05) is 18.8 Å². The van der Waals surface area contributed by atoms with Crippen LogP contribution in [0.2, 0.25) is 0 Å². The fourth-order valence-corrected chi connectivity index (χ4v) is 3.27. The SMILES string of the molecule is CN1Cc2cc(N)cc3c2[C@H](CCC3)C1. The molecule has 15 heavy (non-hydrogen) atoms. The van der Waals surface area contributed by atoms with Gasteiger partial charge in [0.15, 0.2) is 0 Å². The molecule has 2 nitrogen and oxygen atoms in total. The summed E-state index contributed by atoms with van der Waals surface area (Å²) in [6, 6.07) is 4.36. The molecule has 0 bridgehead atoms. The Morgan fingerprint density at radius 1 is 1.33 bits per heavy atom. The molecule has 1 aromatic rings. The zero-order valence-corrected chi connectivity index (χ0v) is 9.29. The Hall–Kier alpha value is -1.02. The highest BCUT2D eigenvalue weighted by Crippen LogP contribution is 2.39. The van der Waals surface area contributed by atoms with Crippen LogP contribution >= 0.6 is 0 Å². The molecule has 0 saturated heterocycles. The van der Waals surface area contributed by atoms with Crippen LogP contribution in [-0.2, 0) is 13.0 Å². The minimum atomic E-state index is 0.767. The molecule has 1 aliphatic heterocycles. The molecule has 2 aliphatic rings. The molecule has 1 heterocycles. The maximum absolute atomic E-state index is 5.95. The van der Waals surface area contributed by atoms with Crippen molar-refractivity contribution < 1.29 is 0 Å². The molecule has 0 unspecified atom stereocenters. The smallest absolute Gasteiger partial charge is 0.0320 e. The standard InChI is InChI=1S/C13H18N2/c1-15-7-10-4-2-3-9-5-12(14)6-11(8-15)13(9)10/h5-6,10H,2-4,7-8,14H2,1H3/t10-/m1/s1. The first kappa shape index (κ1) is 9.22. The Balaban J connectivity index is 2.16. The minimum absolute atomic E-state index is 0.767. The van der Waals surface area contributed by atoms with E-state index in [9.17, 15) is 0 Å². The summed E-state index contributed by atoms with van der Waals surface area (Å²) in [7, 11) is 2.21. The van der Waals surface area contributed by atoms with Crippen molar-refractivity contribution in [2.45, 2.75) is 31.7 Å². The van der Waals surface area contributed by atoms with Crippen LogP contribution in [-0.4, -0.2) is 18.5 Å². The van der Waals surface area contributed by atoms with Gasteiger partial charge in [-0.1, -0.05) is 0 Å². The summed E-state index contributed by atoms with van der Waals surface area (Å²) in [6.07, 6.45) is 3.91. The molecule has 2 heteroatoms. The molecular weight excluding hydrogens is 184 g/mol. The fraction of sp³-hybridized carbons (Fsp3) is 0.538. The van der Waals surface area contributed by atoms with Gasteiger partial charge in [0.25, 0.3) is 0 Å². The molecule has 1 atom stereocenters. The lowest BCUT2D eigenvalue weighted by Crippen LogP contribution is -2.33. The van der Waals surface area contributed by atoms with E-state index in [1.54, 1.807) is 5.56 Å². The van der Waals surface area contributed by atoms with Crippen molar-refractivity contribution in [1.82, 2.24) is 4.90 Å². The minimum Gasteiger partial charge on any atom is -0.399 e. The Kier molecular flexibility index (Phi) is 1.99. The van der Waals surface area contributed by atoms with E-state index < -0.39 is 0 Å². The van der Waals surface area contributed by atoms with Gasteiger partial charge >= 0.3 is 0 Å². The van der Waals surface area contributed by atoms with Crippen molar-refractivity contribution in [3.8, 4) is 0 Å². The van der Waals surface area contributed by atoms with E-state index >= 15 is 0 Å². The molecule has 3 rings (SSSR count). The second-order valence-electron chi connectivity index (χ2n) is 5.04. The first-order valence-corrected chi connectivity index (χ1v) is 5.84. The molecule has 0 spiro atoms. The second-order valence-corrected chi connectivity index (χ2v) is 5.04. The number of anilines is 1. The number of hydrogen-bond acceptors (Lipinski definition) is 2. The molecule has 2 N–H and O–H groups in total. The normalized spacial score (nSPS) is 25.0. The van der Waals surface area contributed by atoms with E-state index in [0.717, 1.165) is 18.2 Å². The first-order chi connectivity index (χ1) is 7.24. The molecule has 1 aromatic carbocycles. The van der Waals surface area contributed by atoms with Crippen molar-refractivity contribution in [2.24, 2.45) is 0 Å².